The Morgan fingerprint density at radius 2 is 2.06 bits per heavy atom. The van der Waals surface area contributed by atoms with Crippen molar-refractivity contribution in [3.05, 3.63) is 29.3 Å². The molecule has 0 atom stereocenters. The number of halogens is 1. The first kappa shape index (κ1) is 15.3. The zero-order chi connectivity index (χ0) is 13.6. The van der Waals surface area contributed by atoms with Gasteiger partial charge in [0.25, 0.3) is 0 Å². The molecule has 0 aliphatic rings. The fourth-order valence-electron chi connectivity index (χ4n) is 1.31. The lowest BCUT2D eigenvalue weighted by atomic mass is 10.2. The number of benzene rings is 1. The van der Waals surface area contributed by atoms with Gasteiger partial charge in [-0.1, -0.05) is 23.7 Å². The van der Waals surface area contributed by atoms with Crippen LogP contribution in [0.2, 0.25) is 5.02 Å². The number of carbonyl (C=O) groups excluding carboxylic acids is 1. The molecule has 5 heteroatoms. The third-order valence-corrected chi connectivity index (χ3v) is 4.12. The molecule has 1 amide bonds. The largest absolute Gasteiger partial charge is 0.324 e. The van der Waals surface area contributed by atoms with E-state index >= 15 is 0 Å². The molecule has 18 heavy (non-hydrogen) atoms. The van der Waals surface area contributed by atoms with E-state index in [1.165, 1.54) is 0 Å². The van der Waals surface area contributed by atoms with E-state index in [1.807, 2.05) is 12.1 Å². The molecule has 100 valence electrons. The molecule has 0 unspecified atom stereocenters. The minimum atomic E-state index is -0.0833. The van der Waals surface area contributed by atoms with Crippen molar-refractivity contribution in [3.8, 4) is 0 Å². The van der Waals surface area contributed by atoms with Crippen LogP contribution >= 0.6 is 23.4 Å². The molecule has 0 bridgehead atoms. The van der Waals surface area contributed by atoms with Gasteiger partial charge in [0.1, 0.15) is 0 Å². The summed E-state index contributed by atoms with van der Waals surface area (Å²) in [4.78, 5) is 11.7. The van der Waals surface area contributed by atoms with E-state index in [-0.39, 0.29) is 17.2 Å². The fraction of sp³-hybridized carbons (Fsp3) is 0.462. The highest BCUT2D eigenvalue weighted by atomic mass is 35.5. The number of rotatable bonds is 6. The molecule has 0 heterocycles. The van der Waals surface area contributed by atoms with E-state index in [0.29, 0.717) is 10.7 Å². The van der Waals surface area contributed by atoms with E-state index in [1.54, 1.807) is 23.9 Å². The maximum atomic E-state index is 11.7. The Kier molecular flexibility index (Phi) is 5.99. The molecule has 0 spiro atoms. The average molecular weight is 287 g/mol. The predicted octanol–water partition coefficient (Wildman–Crippen LogP) is 3.01. The molecular weight excluding hydrogens is 268 g/mol. The summed E-state index contributed by atoms with van der Waals surface area (Å²) in [5.74, 6) is -0.0833. The monoisotopic (exact) mass is 286 g/mol. The smallest absolute Gasteiger partial charge is 0.238 e. The molecule has 0 aromatic heterocycles. The Hall–Kier alpha value is -0.710. The summed E-state index contributed by atoms with van der Waals surface area (Å²) in [7, 11) is 0. The summed E-state index contributed by atoms with van der Waals surface area (Å²) in [6.45, 7) is 5.34. The average Bonchev–Trinajstić information content (AvgIpc) is 2.32. The third kappa shape index (κ3) is 5.29. The summed E-state index contributed by atoms with van der Waals surface area (Å²) in [5.41, 5.74) is 0.648. The minimum absolute atomic E-state index is 0.0833. The van der Waals surface area contributed by atoms with Gasteiger partial charge in [0.15, 0.2) is 0 Å². The lowest BCUT2D eigenvalue weighted by molar-refractivity contribution is -0.115. The lowest BCUT2D eigenvalue weighted by Gasteiger charge is -2.22. The van der Waals surface area contributed by atoms with Gasteiger partial charge >= 0.3 is 0 Å². The van der Waals surface area contributed by atoms with Gasteiger partial charge in [0.05, 0.1) is 17.3 Å². The number of thioether (sulfide) groups is 1. The number of carbonyl (C=O) groups is 1. The maximum absolute atomic E-state index is 11.7. The van der Waals surface area contributed by atoms with Crippen molar-refractivity contribution >= 4 is 35.0 Å². The summed E-state index contributed by atoms with van der Waals surface area (Å²) < 4.78 is 0.130. The van der Waals surface area contributed by atoms with Crippen LogP contribution in [0.25, 0.3) is 0 Å². The van der Waals surface area contributed by atoms with Crippen molar-refractivity contribution in [3.63, 3.8) is 0 Å². The summed E-state index contributed by atoms with van der Waals surface area (Å²) in [5, 5.41) is 6.47. The predicted molar refractivity (Wildman–Crippen MR) is 80.5 cm³/mol. The normalized spacial score (nSPS) is 11.3. The van der Waals surface area contributed by atoms with Crippen molar-refractivity contribution in [2.45, 2.75) is 18.6 Å². The number of para-hydroxylation sites is 1. The second-order valence-corrected chi connectivity index (χ2v) is 6.52. The molecule has 3 nitrogen and oxygen atoms in total. The second-order valence-electron chi connectivity index (χ2n) is 4.60. The van der Waals surface area contributed by atoms with Crippen molar-refractivity contribution < 1.29 is 4.79 Å². The van der Waals surface area contributed by atoms with Crippen LogP contribution in [0.3, 0.4) is 0 Å². The van der Waals surface area contributed by atoms with Gasteiger partial charge < -0.3 is 10.6 Å². The van der Waals surface area contributed by atoms with Gasteiger partial charge in [-0.15, -0.1) is 0 Å². The maximum Gasteiger partial charge on any atom is 0.238 e. The Balaban J connectivity index is 2.37. The Morgan fingerprint density at radius 3 is 2.67 bits per heavy atom. The van der Waals surface area contributed by atoms with Gasteiger partial charge in [-0.2, -0.15) is 11.8 Å². The Morgan fingerprint density at radius 1 is 1.39 bits per heavy atom. The number of anilines is 1. The fourth-order valence-corrected chi connectivity index (χ4v) is 1.74. The van der Waals surface area contributed by atoms with E-state index in [0.717, 1.165) is 6.54 Å². The standard InChI is InChI=1S/C13H19ClN2OS/c1-13(2,18-3)9-15-8-12(17)16-11-7-5-4-6-10(11)14/h4-7,15H,8-9H2,1-3H3,(H,16,17). The number of hydrogen-bond acceptors (Lipinski definition) is 3. The molecule has 2 N–H and O–H groups in total. The van der Waals surface area contributed by atoms with E-state index in [4.69, 9.17) is 11.6 Å². The molecular formula is C13H19ClN2OS. The van der Waals surface area contributed by atoms with Crippen LogP contribution in [-0.2, 0) is 4.79 Å². The Bertz CT molecular complexity index is 410. The first-order chi connectivity index (χ1) is 8.44. The molecule has 0 radical (unpaired) electrons. The van der Waals surface area contributed by atoms with E-state index in [9.17, 15) is 4.79 Å². The quantitative estimate of drug-likeness (QED) is 0.845. The molecule has 1 aromatic rings. The SMILES string of the molecule is CSC(C)(C)CNCC(=O)Nc1ccccc1Cl. The van der Waals surface area contributed by atoms with Gasteiger partial charge in [-0.25, -0.2) is 0 Å². The molecule has 0 aliphatic carbocycles. The molecule has 0 fully saturated rings. The first-order valence-corrected chi connectivity index (χ1v) is 7.35. The third-order valence-electron chi connectivity index (χ3n) is 2.54. The van der Waals surface area contributed by atoms with Gasteiger partial charge in [-0.05, 0) is 32.2 Å². The van der Waals surface area contributed by atoms with Gasteiger partial charge in [-0.3, -0.25) is 4.79 Å². The number of amides is 1. The van der Waals surface area contributed by atoms with Crippen molar-refractivity contribution in [1.29, 1.82) is 0 Å². The van der Waals surface area contributed by atoms with Gasteiger partial charge in [0.2, 0.25) is 5.91 Å². The summed E-state index contributed by atoms with van der Waals surface area (Å²) >= 11 is 7.73. The summed E-state index contributed by atoms with van der Waals surface area (Å²) in [6.07, 6.45) is 2.06. The number of nitrogens with one attached hydrogen (secondary N) is 2. The topological polar surface area (TPSA) is 41.1 Å². The highest BCUT2D eigenvalue weighted by Crippen LogP contribution is 2.20. The number of hydrogen-bond donors (Lipinski definition) is 2. The Labute approximate surface area is 118 Å². The van der Waals surface area contributed by atoms with Crippen LogP contribution in [0.5, 0.6) is 0 Å². The van der Waals surface area contributed by atoms with Crippen LogP contribution in [0, 0.1) is 0 Å². The molecule has 1 aromatic carbocycles. The van der Waals surface area contributed by atoms with E-state index < -0.39 is 0 Å². The van der Waals surface area contributed by atoms with Crippen LogP contribution in [0.15, 0.2) is 24.3 Å². The minimum Gasteiger partial charge on any atom is -0.324 e. The zero-order valence-electron chi connectivity index (χ0n) is 10.9. The lowest BCUT2D eigenvalue weighted by Crippen LogP contribution is -2.37. The van der Waals surface area contributed by atoms with Crippen molar-refractivity contribution in [2.24, 2.45) is 0 Å². The van der Waals surface area contributed by atoms with Crippen LogP contribution in [0.1, 0.15) is 13.8 Å². The molecule has 0 saturated carbocycles. The zero-order valence-corrected chi connectivity index (χ0v) is 12.5. The second kappa shape index (κ2) is 7.02. The van der Waals surface area contributed by atoms with Gasteiger partial charge in [0, 0.05) is 11.3 Å². The van der Waals surface area contributed by atoms with Crippen molar-refractivity contribution in [2.75, 3.05) is 24.7 Å². The molecule has 1 rings (SSSR count). The van der Waals surface area contributed by atoms with Crippen LogP contribution in [-0.4, -0.2) is 30.0 Å². The van der Waals surface area contributed by atoms with Crippen LogP contribution < -0.4 is 10.6 Å². The summed E-state index contributed by atoms with van der Waals surface area (Å²) in [6, 6.07) is 7.20. The molecule has 0 aliphatic heterocycles. The highest BCUT2D eigenvalue weighted by Gasteiger charge is 2.15. The highest BCUT2D eigenvalue weighted by molar-refractivity contribution is 7.99. The van der Waals surface area contributed by atoms with E-state index in [2.05, 4.69) is 30.7 Å². The van der Waals surface area contributed by atoms with Crippen LogP contribution in [0.4, 0.5) is 5.69 Å². The first-order valence-electron chi connectivity index (χ1n) is 5.75. The van der Waals surface area contributed by atoms with Crippen molar-refractivity contribution in [1.82, 2.24) is 5.32 Å². The molecule has 0 saturated heterocycles.